The van der Waals surface area contributed by atoms with Gasteiger partial charge >= 0.3 is 11.2 Å². The van der Waals surface area contributed by atoms with Crippen molar-refractivity contribution in [1.29, 1.82) is 0 Å². The smallest absolute Gasteiger partial charge is 0.402 e. The fourth-order valence-electron chi connectivity index (χ4n) is 0.978. The van der Waals surface area contributed by atoms with Crippen LogP contribution in [-0.2, 0) is 0 Å². The maximum absolute atomic E-state index is 10.8. The lowest BCUT2D eigenvalue weighted by Gasteiger charge is -1.91. The molecule has 1 aromatic carbocycles. The molecule has 0 bridgehead atoms. The molecule has 1 aromatic heterocycles. The topological polar surface area (TPSA) is 63.1 Å². The van der Waals surface area contributed by atoms with Crippen LogP contribution in [-0.4, -0.2) is 4.98 Å². The van der Waals surface area contributed by atoms with Crippen molar-refractivity contribution in [3.05, 3.63) is 45.0 Å². The molecule has 0 atom stereocenters. The first-order valence-corrected chi connectivity index (χ1v) is 3.39. The van der Waals surface area contributed by atoms with Gasteiger partial charge in [-0.15, -0.1) is 0 Å². The van der Waals surface area contributed by atoms with E-state index in [1.807, 2.05) is 0 Å². The maximum atomic E-state index is 10.8. The first-order valence-electron chi connectivity index (χ1n) is 3.39. The molecule has 0 radical (unpaired) electrons. The summed E-state index contributed by atoms with van der Waals surface area (Å²) in [5, 5.41) is 0. The molecule has 0 unspecified atom stereocenters. The standard InChI is InChI=1S/C8H5NO3/c10-7-8(11)12-6-4-2-1-3-5(6)9-7/h1-4H,(H,9,10). The van der Waals surface area contributed by atoms with Crippen molar-refractivity contribution >= 4 is 11.1 Å². The van der Waals surface area contributed by atoms with E-state index in [0.29, 0.717) is 11.1 Å². The van der Waals surface area contributed by atoms with Crippen molar-refractivity contribution in [3.63, 3.8) is 0 Å². The summed E-state index contributed by atoms with van der Waals surface area (Å²) in [7, 11) is 0. The van der Waals surface area contributed by atoms with Crippen molar-refractivity contribution in [2.24, 2.45) is 0 Å². The fourth-order valence-corrected chi connectivity index (χ4v) is 0.978. The quantitative estimate of drug-likeness (QED) is 0.574. The first-order chi connectivity index (χ1) is 5.77. The highest BCUT2D eigenvalue weighted by molar-refractivity contribution is 5.70. The summed E-state index contributed by atoms with van der Waals surface area (Å²) in [6.07, 6.45) is 0. The second-order valence-corrected chi connectivity index (χ2v) is 2.34. The number of H-pyrrole nitrogens is 1. The van der Waals surface area contributed by atoms with Gasteiger partial charge in [-0.05, 0) is 12.1 Å². The zero-order valence-corrected chi connectivity index (χ0v) is 6.03. The van der Waals surface area contributed by atoms with Crippen LogP contribution in [0.15, 0.2) is 38.3 Å². The van der Waals surface area contributed by atoms with Crippen molar-refractivity contribution in [2.75, 3.05) is 0 Å². The Balaban J connectivity index is 3.03. The number of rotatable bonds is 0. The van der Waals surface area contributed by atoms with Gasteiger partial charge in [0, 0.05) is 0 Å². The van der Waals surface area contributed by atoms with Gasteiger partial charge in [-0.2, -0.15) is 0 Å². The molecule has 4 heteroatoms. The van der Waals surface area contributed by atoms with E-state index in [9.17, 15) is 9.59 Å². The van der Waals surface area contributed by atoms with Crippen LogP contribution < -0.4 is 11.2 Å². The Hall–Kier alpha value is -1.84. The van der Waals surface area contributed by atoms with Crippen LogP contribution >= 0.6 is 0 Å². The number of hydrogen-bond acceptors (Lipinski definition) is 3. The molecule has 0 amide bonds. The van der Waals surface area contributed by atoms with Gasteiger partial charge < -0.3 is 9.40 Å². The minimum atomic E-state index is -0.867. The maximum Gasteiger partial charge on any atom is 0.402 e. The largest absolute Gasteiger partial charge is 0.417 e. The SMILES string of the molecule is O=c1[nH]c2ccccc2oc1=O. The lowest BCUT2D eigenvalue weighted by molar-refractivity contribution is 0.546. The van der Waals surface area contributed by atoms with E-state index in [1.165, 1.54) is 0 Å². The molecule has 0 saturated heterocycles. The summed E-state index contributed by atoms with van der Waals surface area (Å²) in [5.74, 6) is 0. The summed E-state index contributed by atoms with van der Waals surface area (Å²) >= 11 is 0. The van der Waals surface area contributed by atoms with Crippen LogP contribution in [0.1, 0.15) is 0 Å². The van der Waals surface area contributed by atoms with Gasteiger partial charge in [0.05, 0.1) is 5.52 Å². The Morgan fingerprint density at radius 2 is 1.92 bits per heavy atom. The third kappa shape index (κ3) is 0.934. The summed E-state index contributed by atoms with van der Waals surface area (Å²) in [5.41, 5.74) is -0.674. The Kier molecular flexibility index (Phi) is 1.33. The molecule has 0 aliphatic carbocycles. The Morgan fingerprint density at radius 3 is 2.75 bits per heavy atom. The summed E-state index contributed by atoms with van der Waals surface area (Å²) in [6, 6.07) is 6.76. The number of hydrogen-bond donors (Lipinski definition) is 1. The Bertz CT molecular complexity index is 475. The van der Waals surface area contributed by atoms with Gasteiger partial charge in [-0.1, -0.05) is 12.1 Å². The van der Waals surface area contributed by atoms with Gasteiger partial charge in [0.2, 0.25) is 0 Å². The van der Waals surface area contributed by atoms with E-state index < -0.39 is 11.2 Å². The molecule has 2 aromatic rings. The number of para-hydroxylation sites is 2. The average molecular weight is 163 g/mol. The van der Waals surface area contributed by atoms with Crippen molar-refractivity contribution < 1.29 is 4.42 Å². The Morgan fingerprint density at radius 1 is 1.17 bits per heavy atom. The van der Waals surface area contributed by atoms with Gasteiger partial charge in [0.25, 0.3) is 0 Å². The fraction of sp³-hybridized carbons (Fsp3) is 0. The van der Waals surface area contributed by atoms with Crippen molar-refractivity contribution in [2.45, 2.75) is 0 Å². The third-order valence-electron chi connectivity index (χ3n) is 1.52. The third-order valence-corrected chi connectivity index (χ3v) is 1.52. The molecule has 1 N–H and O–H groups in total. The predicted octanol–water partition coefficient (Wildman–Crippen LogP) is 0.481. The normalized spacial score (nSPS) is 10.3. The average Bonchev–Trinajstić information content (AvgIpc) is 2.07. The van der Waals surface area contributed by atoms with E-state index in [4.69, 9.17) is 4.42 Å². The summed E-state index contributed by atoms with van der Waals surface area (Å²) in [4.78, 5) is 23.9. The lowest BCUT2D eigenvalue weighted by Crippen LogP contribution is -2.25. The van der Waals surface area contributed by atoms with Gasteiger partial charge in [-0.25, -0.2) is 4.79 Å². The van der Waals surface area contributed by atoms with Gasteiger partial charge in [0.1, 0.15) is 0 Å². The first kappa shape index (κ1) is 6.84. The molecule has 0 aliphatic heterocycles. The van der Waals surface area contributed by atoms with Crippen LogP contribution in [0.2, 0.25) is 0 Å². The van der Waals surface area contributed by atoms with Crippen molar-refractivity contribution in [1.82, 2.24) is 4.98 Å². The molecule has 0 aliphatic rings. The Labute approximate surface area is 66.5 Å². The zero-order valence-electron chi connectivity index (χ0n) is 6.03. The molecule has 2 rings (SSSR count). The monoisotopic (exact) mass is 163 g/mol. The highest BCUT2D eigenvalue weighted by Gasteiger charge is 1.98. The molecule has 1 heterocycles. The van der Waals surface area contributed by atoms with Crippen LogP contribution in [0.25, 0.3) is 11.1 Å². The van der Waals surface area contributed by atoms with Crippen LogP contribution in [0.5, 0.6) is 0 Å². The minimum absolute atomic E-state index is 0.391. The molecular weight excluding hydrogens is 158 g/mol. The molecule has 12 heavy (non-hydrogen) atoms. The lowest BCUT2D eigenvalue weighted by atomic mass is 10.3. The molecule has 0 saturated carbocycles. The highest BCUT2D eigenvalue weighted by atomic mass is 16.4. The van der Waals surface area contributed by atoms with Gasteiger partial charge in [-0.3, -0.25) is 4.79 Å². The van der Waals surface area contributed by atoms with Crippen molar-refractivity contribution in [3.8, 4) is 0 Å². The number of benzene rings is 1. The zero-order chi connectivity index (χ0) is 8.55. The number of nitrogens with one attached hydrogen (secondary N) is 1. The van der Waals surface area contributed by atoms with Crippen LogP contribution in [0.3, 0.4) is 0 Å². The molecule has 0 spiro atoms. The molecule has 0 fully saturated rings. The van der Waals surface area contributed by atoms with E-state index in [2.05, 4.69) is 4.98 Å². The molecular formula is C8H5NO3. The van der Waals surface area contributed by atoms with E-state index >= 15 is 0 Å². The summed E-state index contributed by atoms with van der Waals surface area (Å²) < 4.78 is 4.69. The van der Waals surface area contributed by atoms with Gasteiger partial charge in [0.15, 0.2) is 5.58 Å². The number of aromatic nitrogens is 1. The minimum Gasteiger partial charge on any atom is -0.417 e. The number of aromatic amines is 1. The summed E-state index contributed by atoms with van der Waals surface area (Å²) in [6.45, 7) is 0. The predicted molar refractivity (Wildman–Crippen MR) is 43.1 cm³/mol. The number of fused-ring (bicyclic) bond motifs is 1. The second-order valence-electron chi connectivity index (χ2n) is 2.34. The van der Waals surface area contributed by atoms with E-state index in [1.54, 1.807) is 24.3 Å². The van der Waals surface area contributed by atoms with Crippen LogP contribution in [0, 0.1) is 0 Å². The van der Waals surface area contributed by atoms with Crippen LogP contribution in [0.4, 0.5) is 0 Å². The second kappa shape index (κ2) is 2.34. The van der Waals surface area contributed by atoms with E-state index in [0.717, 1.165) is 0 Å². The molecule has 60 valence electrons. The van der Waals surface area contributed by atoms with E-state index in [-0.39, 0.29) is 0 Å². The highest BCUT2D eigenvalue weighted by Crippen LogP contribution is 2.04. The molecule has 4 nitrogen and oxygen atoms in total.